The summed E-state index contributed by atoms with van der Waals surface area (Å²) >= 11 is 0. The number of nitrogen functional groups attached to an aromatic ring is 1. The molecule has 0 fully saturated rings. The molecule has 0 bridgehead atoms. The molecule has 1 aromatic heterocycles. The standard InChI is InChI=1S/C24H21N3O/c1-16-13-22(25)21-15-20(11-12-23(21)26-16)27-24(28)19-9-7-18(8-10-19)14-17-5-3-2-4-6-17/h2-13,15H,14H2,1H3,(H2,25,26)(H,27,28). The van der Waals surface area contributed by atoms with Crippen molar-refractivity contribution in [2.75, 3.05) is 11.1 Å². The highest BCUT2D eigenvalue weighted by atomic mass is 16.1. The minimum atomic E-state index is -0.149. The number of aromatic nitrogens is 1. The lowest BCUT2D eigenvalue weighted by Gasteiger charge is -2.09. The molecular formula is C24H21N3O. The van der Waals surface area contributed by atoms with E-state index in [9.17, 15) is 4.79 Å². The number of fused-ring (bicyclic) bond motifs is 1. The Morgan fingerprint density at radius 3 is 2.39 bits per heavy atom. The highest BCUT2D eigenvalue weighted by molar-refractivity contribution is 6.05. The van der Waals surface area contributed by atoms with E-state index in [1.165, 1.54) is 11.1 Å². The maximum atomic E-state index is 12.6. The Balaban J connectivity index is 1.49. The van der Waals surface area contributed by atoms with Gasteiger partial charge in [-0.3, -0.25) is 9.78 Å². The molecule has 0 unspecified atom stereocenters. The fraction of sp³-hybridized carbons (Fsp3) is 0.0833. The summed E-state index contributed by atoms with van der Waals surface area (Å²) in [6.07, 6.45) is 0.846. The third-order valence-electron chi connectivity index (χ3n) is 4.69. The van der Waals surface area contributed by atoms with Crippen molar-refractivity contribution in [1.29, 1.82) is 0 Å². The van der Waals surface area contributed by atoms with Crippen LogP contribution in [0.4, 0.5) is 11.4 Å². The van der Waals surface area contributed by atoms with Gasteiger partial charge in [0.15, 0.2) is 0 Å². The molecule has 0 saturated carbocycles. The fourth-order valence-corrected chi connectivity index (χ4v) is 3.28. The Morgan fingerprint density at radius 1 is 0.929 bits per heavy atom. The van der Waals surface area contributed by atoms with Gasteiger partial charge in [0.1, 0.15) is 0 Å². The van der Waals surface area contributed by atoms with Crippen LogP contribution in [0.15, 0.2) is 78.9 Å². The van der Waals surface area contributed by atoms with E-state index in [1.54, 1.807) is 0 Å². The number of amides is 1. The zero-order valence-corrected chi connectivity index (χ0v) is 15.6. The lowest BCUT2D eigenvalue weighted by Crippen LogP contribution is -2.12. The minimum absolute atomic E-state index is 0.149. The van der Waals surface area contributed by atoms with Crippen molar-refractivity contribution in [2.24, 2.45) is 0 Å². The summed E-state index contributed by atoms with van der Waals surface area (Å²) in [6.45, 7) is 1.91. The number of pyridine rings is 1. The van der Waals surface area contributed by atoms with Crippen LogP contribution in [0.5, 0.6) is 0 Å². The van der Waals surface area contributed by atoms with Gasteiger partial charge in [-0.2, -0.15) is 0 Å². The Labute approximate surface area is 164 Å². The number of hydrogen-bond acceptors (Lipinski definition) is 3. The van der Waals surface area contributed by atoms with Gasteiger partial charge in [0.2, 0.25) is 0 Å². The third kappa shape index (κ3) is 3.86. The summed E-state index contributed by atoms with van der Waals surface area (Å²) < 4.78 is 0. The van der Waals surface area contributed by atoms with Gasteiger partial charge in [0, 0.05) is 28.0 Å². The Morgan fingerprint density at radius 2 is 1.64 bits per heavy atom. The van der Waals surface area contributed by atoms with E-state index in [-0.39, 0.29) is 5.91 Å². The van der Waals surface area contributed by atoms with Crippen LogP contribution >= 0.6 is 0 Å². The lowest BCUT2D eigenvalue weighted by atomic mass is 10.0. The summed E-state index contributed by atoms with van der Waals surface area (Å²) in [6, 6.07) is 25.4. The fourth-order valence-electron chi connectivity index (χ4n) is 3.28. The van der Waals surface area contributed by atoms with Gasteiger partial charge < -0.3 is 11.1 Å². The van der Waals surface area contributed by atoms with Crippen LogP contribution in [0.2, 0.25) is 0 Å². The van der Waals surface area contributed by atoms with Gasteiger partial charge in [-0.1, -0.05) is 42.5 Å². The molecule has 4 heteroatoms. The molecule has 0 saturated heterocycles. The van der Waals surface area contributed by atoms with Crippen molar-refractivity contribution in [1.82, 2.24) is 4.98 Å². The molecule has 3 aromatic carbocycles. The first-order chi connectivity index (χ1) is 13.6. The molecule has 28 heavy (non-hydrogen) atoms. The highest BCUT2D eigenvalue weighted by Crippen LogP contribution is 2.24. The van der Waals surface area contributed by atoms with Crippen LogP contribution in [0.1, 0.15) is 27.2 Å². The normalized spacial score (nSPS) is 10.8. The van der Waals surface area contributed by atoms with Crippen molar-refractivity contribution in [3.63, 3.8) is 0 Å². The molecule has 0 radical (unpaired) electrons. The molecule has 4 rings (SSSR count). The van der Waals surface area contributed by atoms with Crippen molar-refractivity contribution in [3.05, 3.63) is 101 Å². The second-order valence-corrected chi connectivity index (χ2v) is 6.90. The van der Waals surface area contributed by atoms with Gasteiger partial charge in [-0.25, -0.2) is 0 Å². The van der Waals surface area contributed by atoms with Crippen molar-refractivity contribution in [3.8, 4) is 0 Å². The molecule has 0 atom stereocenters. The predicted molar refractivity (Wildman–Crippen MR) is 115 cm³/mol. The van der Waals surface area contributed by atoms with Crippen LogP contribution in [0.3, 0.4) is 0 Å². The topological polar surface area (TPSA) is 68.0 Å². The maximum Gasteiger partial charge on any atom is 0.255 e. The number of nitrogens with two attached hydrogens (primary N) is 1. The van der Waals surface area contributed by atoms with E-state index in [1.807, 2.05) is 73.7 Å². The average Bonchev–Trinajstić information content (AvgIpc) is 2.70. The highest BCUT2D eigenvalue weighted by Gasteiger charge is 2.08. The van der Waals surface area contributed by atoms with Gasteiger partial charge in [0.05, 0.1) is 5.52 Å². The molecule has 4 nitrogen and oxygen atoms in total. The zero-order valence-electron chi connectivity index (χ0n) is 15.6. The van der Waals surface area contributed by atoms with Gasteiger partial charge in [0.25, 0.3) is 5.91 Å². The number of anilines is 2. The van der Waals surface area contributed by atoms with Crippen molar-refractivity contribution in [2.45, 2.75) is 13.3 Å². The number of carbonyl (C=O) groups is 1. The number of aryl methyl sites for hydroxylation is 1. The maximum absolute atomic E-state index is 12.6. The molecule has 1 heterocycles. The molecule has 0 spiro atoms. The summed E-state index contributed by atoms with van der Waals surface area (Å²) in [5.41, 5.74) is 12.2. The summed E-state index contributed by atoms with van der Waals surface area (Å²) in [7, 11) is 0. The Kier molecular flexibility index (Phi) is 4.77. The second kappa shape index (κ2) is 7.53. The molecular weight excluding hydrogens is 346 g/mol. The van der Waals surface area contributed by atoms with Crippen LogP contribution in [0.25, 0.3) is 10.9 Å². The van der Waals surface area contributed by atoms with Crippen molar-refractivity contribution < 1.29 is 4.79 Å². The largest absolute Gasteiger partial charge is 0.398 e. The molecule has 0 aliphatic carbocycles. The number of hydrogen-bond donors (Lipinski definition) is 2. The first-order valence-corrected chi connectivity index (χ1v) is 9.19. The number of benzene rings is 3. The van der Waals surface area contributed by atoms with E-state index < -0.39 is 0 Å². The number of nitrogens with zero attached hydrogens (tertiary/aromatic N) is 1. The summed E-state index contributed by atoms with van der Waals surface area (Å²) in [4.78, 5) is 17.1. The molecule has 0 aliphatic rings. The van der Waals surface area contributed by atoms with E-state index >= 15 is 0 Å². The van der Waals surface area contributed by atoms with E-state index in [0.717, 1.165) is 23.0 Å². The van der Waals surface area contributed by atoms with Gasteiger partial charge >= 0.3 is 0 Å². The SMILES string of the molecule is Cc1cc(N)c2cc(NC(=O)c3ccc(Cc4ccccc4)cc3)ccc2n1. The second-order valence-electron chi connectivity index (χ2n) is 6.90. The van der Waals surface area contributed by atoms with Gasteiger partial charge in [-0.15, -0.1) is 0 Å². The lowest BCUT2D eigenvalue weighted by molar-refractivity contribution is 0.102. The predicted octanol–water partition coefficient (Wildman–Crippen LogP) is 4.97. The first-order valence-electron chi connectivity index (χ1n) is 9.19. The molecule has 1 amide bonds. The van der Waals surface area contributed by atoms with E-state index in [2.05, 4.69) is 22.4 Å². The quantitative estimate of drug-likeness (QED) is 0.535. The van der Waals surface area contributed by atoms with E-state index in [0.29, 0.717) is 16.9 Å². The monoisotopic (exact) mass is 367 g/mol. The van der Waals surface area contributed by atoms with Crippen LogP contribution in [0, 0.1) is 6.92 Å². The minimum Gasteiger partial charge on any atom is -0.398 e. The Hall–Kier alpha value is -3.66. The zero-order chi connectivity index (χ0) is 19.5. The Bertz CT molecular complexity index is 1140. The van der Waals surface area contributed by atoms with Crippen LogP contribution < -0.4 is 11.1 Å². The summed E-state index contributed by atoms with van der Waals surface area (Å²) in [5, 5.41) is 3.77. The molecule has 3 N–H and O–H groups in total. The molecule has 138 valence electrons. The van der Waals surface area contributed by atoms with Gasteiger partial charge in [-0.05, 0) is 60.9 Å². The first kappa shape index (κ1) is 17.7. The summed E-state index contributed by atoms with van der Waals surface area (Å²) in [5.74, 6) is -0.149. The molecule has 0 aliphatic heterocycles. The van der Waals surface area contributed by atoms with Crippen molar-refractivity contribution >= 4 is 28.2 Å². The average molecular weight is 367 g/mol. The smallest absolute Gasteiger partial charge is 0.255 e. The van der Waals surface area contributed by atoms with Crippen LogP contribution in [-0.2, 0) is 6.42 Å². The number of carbonyl (C=O) groups excluding carboxylic acids is 1. The number of nitrogens with one attached hydrogen (secondary N) is 1. The van der Waals surface area contributed by atoms with E-state index in [4.69, 9.17) is 5.73 Å². The molecule has 4 aromatic rings. The third-order valence-corrected chi connectivity index (χ3v) is 4.69. The van der Waals surface area contributed by atoms with Crippen LogP contribution in [-0.4, -0.2) is 10.9 Å². The number of rotatable bonds is 4.